The van der Waals surface area contributed by atoms with E-state index in [4.69, 9.17) is 0 Å². The Morgan fingerprint density at radius 2 is 1.93 bits per heavy atom. The van der Waals surface area contributed by atoms with Gasteiger partial charge in [0, 0.05) is 24.5 Å². The van der Waals surface area contributed by atoms with Crippen LogP contribution in [0.1, 0.15) is 5.56 Å². The zero-order valence-electron chi connectivity index (χ0n) is 9.79. The first-order chi connectivity index (χ1) is 7.26. The minimum absolute atomic E-state index is 1.02. The predicted octanol–water partition coefficient (Wildman–Crippen LogP) is 2.06. The average molecular weight is 224 g/mol. The quantitative estimate of drug-likeness (QED) is 0.745. The lowest BCUT2D eigenvalue weighted by molar-refractivity contribution is 0.328. The lowest BCUT2D eigenvalue weighted by Gasteiger charge is -2.16. The van der Waals surface area contributed by atoms with Crippen molar-refractivity contribution in [2.75, 3.05) is 33.4 Å². The van der Waals surface area contributed by atoms with Crippen molar-refractivity contribution >= 4 is 11.8 Å². The van der Waals surface area contributed by atoms with Crippen LogP contribution in [0.3, 0.4) is 0 Å². The minimum atomic E-state index is 1.02. The molecular weight excluding hydrogens is 204 g/mol. The topological polar surface area (TPSA) is 15.3 Å². The molecule has 0 unspecified atom stereocenters. The van der Waals surface area contributed by atoms with Gasteiger partial charge in [-0.05, 0) is 38.0 Å². The highest BCUT2D eigenvalue weighted by molar-refractivity contribution is 7.98. The number of hydrogen-bond acceptors (Lipinski definition) is 3. The maximum Gasteiger partial charge on any atom is 0.0231 e. The van der Waals surface area contributed by atoms with Crippen LogP contribution < -0.4 is 5.32 Å². The van der Waals surface area contributed by atoms with Gasteiger partial charge in [-0.1, -0.05) is 12.1 Å². The summed E-state index contributed by atoms with van der Waals surface area (Å²) in [5.74, 6) is 0. The first kappa shape index (κ1) is 12.6. The van der Waals surface area contributed by atoms with Crippen molar-refractivity contribution in [3.63, 3.8) is 0 Å². The molecule has 0 spiro atoms. The van der Waals surface area contributed by atoms with Gasteiger partial charge in [0.05, 0.1) is 0 Å². The highest BCUT2D eigenvalue weighted by Crippen LogP contribution is 2.15. The van der Waals surface area contributed by atoms with Crippen molar-refractivity contribution in [2.24, 2.45) is 0 Å². The Kier molecular flexibility index (Phi) is 5.76. The SMILES string of the molecule is CNCCN(C)Cc1ccc(SC)cc1. The molecule has 1 aromatic carbocycles. The summed E-state index contributed by atoms with van der Waals surface area (Å²) in [5.41, 5.74) is 1.38. The Morgan fingerprint density at radius 3 is 2.47 bits per heavy atom. The molecule has 0 amide bonds. The molecule has 0 aromatic heterocycles. The Balaban J connectivity index is 2.42. The molecular formula is C12H20N2S. The first-order valence-corrected chi connectivity index (χ1v) is 6.45. The van der Waals surface area contributed by atoms with Crippen LogP contribution in [-0.4, -0.2) is 38.3 Å². The van der Waals surface area contributed by atoms with Crippen molar-refractivity contribution in [3.05, 3.63) is 29.8 Å². The van der Waals surface area contributed by atoms with Gasteiger partial charge in [-0.15, -0.1) is 11.8 Å². The third-order valence-electron chi connectivity index (χ3n) is 2.36. The van der Waals surface area contributed by atoms with E-state index in [0.29, 0.717) is 0 Å². The van der Waals surface area contributed by atoms with Crippen molar-refractivity contribution in [3.8, 4) is 0 Å². The summed E-state index contributed by atoms with van der Waals surface area (Å²) < 4.78 is 0. The molecule has 0 aliphatic rings. The molecule has 0 aliphatic carbocycles. The lowest BCUT2D eigenvalue weighted by Crippen LogP contribution is -2.26. The highest BCUT2D eigenvalue weighted by Gasteiger charge is 1.99. The second-order valence-corrected chi connectivity index (χ2v) is 4.57. The summed E-state index contributed by atoms with van der Waals surface area (Å²) in [6, 6.07) is 8.79. The Bertz CT molecular complexity index is 271. The standard InChI is InChI=1S/C12H20N2S/c1-13-8-9-14(2)10-11-4-6-12(15-3)7-5-11/h4-7,13H,8-10H2,1-3H3. The number of benzene rings is 1. The molecule has 0 saturated heterocycles. The van der Waals surface area contributed by atoms with E-state index in [0.717, 1.165) is 19.6 Å². The maximum atomic E-state index is 3.16. The second-order valence-electron chi connectivity index (χ2n) is 3.69. The molecule has 1 N–H and O–H groups in total. The van der Waals surface area contributed by atoms with Gasteiger partial charge in [0.25, 0.3) is 0 Å². The molecule has 1 aromatic rings. The zero-order chi connectivity index (χ0) is 11.1. The van der Waals surface area contributed by atoms with Crippen molar-refractivity contribution in [1.82, 2.24) is 10.2 Å². The molecule has 3 heteroatoms. The van der Waals surface area contributed by atoms with Gasteiger partial charge in [0.2, 0.25) is 0 Å². The van der Waals surface area contributed by atoms with Crippen LogP contribution in [0.15, 0.2) is 29.2 Å². The van der Waals surface area contributed by atoms with Crippen LogP contribution in [0.2, 0.25) is 0 Å². The third-order valence-corrected chi connectivity index (χ3v) is 3.10. The summed E-state index contributed by atoms with van der Waals surface area (Å²) in [7, 11) is 4.14. The number of nitrogens with one attached hydrogen (secondary N) is 1. The first-order valence-electron chi connectivity index (χ1n) is 5.22. The zero-order valence-corrected chi connectivity index (χ0v) is 10.6. The molecule has 0 radical (unpaired) electrons. The summed E-state index contributed by atoms with van der Waals surface area (Å²) in [6.45, 7) is 3.15. The molecule has 2 nitrogen and oxygen atoms in total. The fourth-order valence-corrected chi connectivity index (χ4v) is 1.83. The Hall–Kier alpha value is -0.510. The Morgan fingerprint density at radius 1 is 1.27 bits per heavy atom. The fraction of sp³-hybridized carbons (Fsp3) is 0.500. The van der Waals surface area contributed by atoms with Gasteiger partial charge < -0.3 is 10.2 Å². The van der Waals surface area contributed by atoms with E-state index in [-0.39, 0.29) is 0 Å². The van der Waals surface area contributed by atoms with Gasteiger partial charge in [-0.3, -0.25) is 0 Å². The molecule has 84 valence electrons. The van der Waals surface area contributed by atoms with E-state index in [9.17, 15) is 0 Å². The summed E-state index contributed by atoms with van der Waals surface area (Å²) in [6.07, 6.45) is 2.11. The number of likely N-dealkylation sites (N-methyl/N-ethyl adjacent to an activating group) is 2. The summed E-state index contributed by atoms with van der Waals surface area (Å²) in [5, 5.41) is 3.16. The van der Waals surface area contributed by atoms with Crippen LogP contribution in [-0.2, 0) is 6.54 Å². The largest absolute Gasteiger partial charge is 0.318 e. The second kappa shape index (κ2) is 6.88. The highest BCUT2D eigenvalue weighted by atomic mass is 32.2. The van der Waals surface area contributed by atoms with E-state index in [1.54, 1.807) is 11.8 Å². The average Bonchev–Trinajstić information content (AvgIpc) is 2.27. The summed E-state index contributed by atoms with van der Waals surface area (Å²) in [4.78, 5) is 3.65. The number of rotatable bonds is 6. The molecule has 0 fully saturated rings. The van der Waals surface area contributed by atoms with Crippen LogP contribution >= 0.6 is 11.8 Å². The van der Waals surface area contributed by atoms with Gasteiger partial charge in [-0.25, -0.2) is 0 Å². The lowest BCUT2D eigenvalue weighted by atomic mass is 10.2. The molecule has 0 heterocycles. The van der Waals surface area contributed by atoms with Gasteiger partial charge in [0.1, 0.15) is 0 Å². The molecule has 0 bridgehead atoms. The van der Waals surface area contributed by atoms with Crippen LogP contribution in [0.25, 0.3) is 0 Å². The van der Waals surface area contributed by atoms with Crippen LogP contribution in [0, 0.1) is 0 Å². The van der Waals surface area contributed by atoms with Crippen molar-refractivity contribution in [1.29, 1.82) is 0 Å². The van der Waals surface area contributed by atoms with Crippen LogP contribution in [0.4, 0.5) is 0 Å². The molecule has 0 saturated carbocycles. The fourth-order valence-electron chi connectivity index (χ4n) is 1.42. The van der Waals surface area contributed by atoms with E-state index in [2.05, 4.69) is 47.8 Å². The minimum Gasteiger partial charge on any atom is -0.318 e. The van der Waals surface area contributed by atoms with Gasteiger partial charge in [0.15, 0.2) is 0 Å². The normalized spacial score (nSPS) is 10.9. The molecule has 1 rings (SSSR count). The summed E-state index contributed by atoms with van der Waals surface area (Å²) >= 11 is 1.79. The number of thioether (sulfide) groups is 1. The monoisotopic (exact) mass is 224 g/mol. The van der Waals surface area contributed by atoms with Gasteiger partial charge in [-0.2, -0.15) is 0 Å². The molecule has 0 atom stereocenters. The van der Waals surface area contributed by atoms with E-state index in [1.165, 1.54) is 10.5 Å². The molecule has 15 heavy (non-hydrogen) atoms. The number of hydrogen-bond donors (Lipinski definition) is 1. The van der Waals surface area contributed by atoms with E-state index in [1.807, 2.05) is 7.05 Å². The third kappa shape index (κ3) is 4.69. The van der Waals surface area contributed by atoms with Crippen LogP contribution in [0.5, 0.6) is 0 Å². The number of nitrogens with zero attached hydrogens (tertiary/aromatic N) is 1. The maximum absolute atomic E-state index is 3.16. The van der Waals surface area contributed by atoms with Gasteiger partial charge >= 0.3 is 0 Å². The predicted molar refractivity (Wildman–Crippen MR) is 68.5 cm³/mol. The Labute approximate surface area is 97.1 Å². The van der Waals surface area contributed by atoms with E-state index >= 15 is 0 Å². The smallest absolute Gasteiger partial charge is 0.0231 e. The van der Waals surface area contributed by atoms with Crippen molar-refractivity contribution < 1.29 is 0 Å². The van der Waals surface area contributed by atoms with Crippen molar-refractivity contribution in [2.45, 2.75) is 11.4 Å². The molecule has 0 aliphatic heterocycles. The van der Waals surface area contributed by atoms with E-state index < -0.39 is 0 Å².